The first-order chi connectivity index (χ1) is 16.0. The van der Waals surface area contributed by atoms with Gasteiger partial charge in [0, 0.05) is 34.0 Å². The van der Waals surface area contributed by atoms with Crippen molar-refractivity contribution in [1.82, 2.24) is 19.5 Å². The van der Waals surface area contributed by atoms with Crippen molar-refractivity contribution in [1.29, 1.82) is 0 Å². The minimum Gasteiger partial charge on any atom is -0.760 e. The second-order valence-corrected chi connectivity index (χ2v) is 8.79. The molecule has 1 aliphatic rings. The predicted octanol–water partition coefficient (Wildman–Crippen LogP) is 4.05. The van der Waals surface area contributed by atoms with E-state index in [1.54, 1.807) is 0 Å². The van der Waals surface area contributed by atoms with E-state index in [1.165, 1.54) is 0 Å². The molecule has 0 radical (unpaired) electrons. The van der Waals surface area contributed by atoms with Gasteiger partial charge >= 0.3 is 0 Å². The number of halogens is 1. The second-order valence-electron chi connectivity index (χ2n) is 7.60. The zero-order valence-corrected chi connectivity index (χ0v) is 19.2. The van der Waals surface area contributed by atoms with Gasteiger partial charge in [0.25, 0.3) is 0 Å². The molecule has 1 aliphatic heterocycles. The van der Waals surface area contributed by atoms with E-state index < -0.39 is 17.3 Å². The number of para-hydroxylation sites is 1. The number of benzene rings is 3. The van der Waals surface area contributed by atoms with Crippen LogP contribution in [0.5, 0.6) is 0 Å². The van der Waals surface area contributed by atoms with Crippen LogP contribution in [-0.4, -0.2) is 29.2 Å². The van der Waals surface area contributed by atoms with Gasteiger partial charge in [-0.05, 0) is 36.2 Å². The molecular formula is C24H19ClN5O2S-. The molecule has 7 nitrogen and oxygen atoms in total. The Morgan fingerprint density at radius 2 is 1.76 bits per heavy atom. The number of fused-ring (bicyclic) bond motifs is 3. The van der Waals surface area contributed by atoms with Gasteiger partial charge in [-0.25, -0.2) is 4.72 Å². The summed E-state index contributed by atoms with van der Waals surface area (Å²) in [6, 6.07) is 22.7. The van der Waals surface area contributed by atoms with Gasteiger partial charge in [0.05, 0.1) is 11.4 Å². The summed E-state index contributed by atoms with van der Waals surface area (Å²) in [4.78, 5) is 5.20. The van der Waals surface area contributed by atoms with Gasteiger partial charge in [-0.1, -0.05) is 66.2 Å². The summed E-state index contributed by atoms with van der Waals surface area (Å²) in [7, 11) is 0. The summed E-state index contributed by atoms with van der Waals surface area (Å²) in [6.45, 7) is 2.06. The smallest absolute Gasteiger partial charge is 0.167 e. The molecule has 0 amide bonds. The van der Waals surface area contributed by atoms with Crippen molar-refractivity contribution in [2.75, 3.05) is 0 Å². The fourth-order valence-electron chi connectivity index (χ4n) is 4.12. The Bertz CT molecular complexity index is 1380. The molecule has 0 saturated heterocycles. The van der Waals surface area contributed by atoms with Crippen molar-refractivity contribution in [2.45, 2.75) is 19.5 Å². The Labute approximate surface area is 198 Å². The molecule has 4 aromatic rings. The quantitative estimate of drug-likeness (QED) is 0.439. The number of hydrogen-bond donors (Lipinski definition) is 1. The van der Waals surface area contributed by atoms with Crippen LogP contribution in [0.15, 0.2) is 77.8 Å². The highest BCUT2D eigenvalue weighted by Crippen LogP contribution is 2.35. The van der Waals surface area contributed by atoms with E-state index in [9.17, 15) is 8.76 Å². The van der Waals surface area contributed by atoms with Crippen LogP contribution < -0.4 is 4.72 Å². The van der Waals surface area contributed by atoms with Crippen LogP contribution in [0.2, 0.25) is 5.02 Å². The summed E-state index contributed by atoms with van der Waals surface area (Å²) in [5, 5.41) is 9.48. The highest BCUT2D eigenvalue weighted by Gasteiger charge is 2.30. The van der Waals surface area contributed by atoms with Gasteiger partial charge in [-0.2, -0.15) is 0 Å². The Morgan fingerprint density at radius 3 is 2.55 bits per heavy atom. The van der Waals surface area contributed by atoms with Crippen LogP contribution in [0.25, 0.3) is 5.69 Å². The molecule has 1 N–H and O–H groups in total. The van der Waals surface area contributed by atoms with E-state index in [1.807, 2.05) is 84.3 Å². The second kappa shape index (κ2) is 8.99. The third-order valence-electron chi connectivity index (χ3n) is 5.60. The van der Waals surface area contributed by atoms with Gasteiger partial charge in [0.1, 0.15) is 11.9 Å². The third kappa shape index (κ3) is 4.14. The van der Waals surface area contributed by atoms with E-state index in [2.05, 4.69) is 14.9 Å². The molecule has 1 aromatic heterocycles. The molecule has 9 heteroatoms. The van der Waals surface area contributed by atoms with Crippen molar-refractivity contribution in [2.24, 2.45) is 4.99 Å². The molecule has 2 unspecified atom stereocenters. The van der Waals surface area contributed by atoms with E-state index >= 15 is 0 Å². The molecule has 0 fully saturated rings. The van der Waals surface area contributed by atoms with Gasteiger partial charge in [0.2, 0.25) is 0 Å². The average molecular weight is 477 g/mol. The van der Waals surface area contributed by atoms with Crippen LogP contribution >= 0.6 is 11.6 Å². The third-order valence-corrected chi connectivity index (χ3v) is 6.23. The molecule has 33 heavy (non-hydrogen) atoms. The van der Waals surface area contributed by atoms with Crippen LogP contribution in [0, 0.1) is 6.92 Å². The maximum atomic E-state index is 11.2. The number of aliphatic imine (C=N–C) groups is 1. The van der Waals surface area contributed by atoms with Crippen molar-refractivity contribution in [3.63, 3.8) is 0 Å². The van der Waals surface area contributed by atoms with Crippen LogP contribution in [0.3, 0.4) is 0 Å². The maximum Gasteiger partial charge on any atom is 0.167 e. The molecule has 0 spiro atoms. The number of aryl methyl sites for hydroxylation is 1. The lowest BCUT2D eigenvalue weighted by molar-refractivity contribution is 0.522. The van der Waals surface area contributed by atoms with E-state index in [-0.39, 0.29) is 6.54 Å². The predicted molar refractivity (Wildman–Crippen MR) is 127 cm³/mol. The largest absolute Gasteiger partial charge is 0.760 e. The lowest BCUT2D eigenvalue weighted by Crippen LogP contribution is -2.18. The van der Waals surface area contributed by atoms with Gasteiger partial charge in [-0.3, -0.25) is 13.8 Å². The molecule has 0 bridgehead atoms. The van der Waals surface area contributed by atoms with E-state index in [4.69, 9.17) is 16.6 Å². The number of hydrogen-bond acceptors (Lipinski definition) is 5. The first kappa shape index (κ1) is 21.7. The van der Waals surface area contributed by atoms with Crippen molar-refractivity contribution in [3.05, 3.63) is 112 Å². The van der Waals surface area contributed by atoms with E-state index in [0.29, 0.717) is 10.8 Å². The molecule has 3 aromatic carbocycles. The average Bonchev–Trinajstić information content (AvgIpc) is 3.13. The summed E-state index contributed by atoms with van der Waals surface area (Å²) < 4.78 is 26.8. The number of rotatable bonds is 5. The summed E-state index contributed by atoms with van der Waals surface area (Å²) in [5.74, 6) is 1.41. The molecule has 0 aliphatic carbocycles. The fourth-order valence-corrected chi connectivity index (χ4v) is 4.52. The Morgan fingerprint density at radius 1 is 1.03 bits per heavy atom. The monoisotopic (exact) mass is 476 g/mol. The SMILES string of the molecule is Cc1nnc2n1-c1ccccc1C(c1ccc(Cl)cc1)=NC2c1ccccc1CNS(=O)[O-]. The first-order valence-corrected chi connectivity index (χ1v) is 11.7. The van der Waals surface area contributed by atoms with Gasteiger partial charge in [0.15, 0.2) is 5.82 Å². The Kier molecular flexibility index (Phi) is 5.90. The zero-order valence-electron chi connectivity index (χ0n) is 17.6. The minimum atomic E-state index is -2.38. The van der Waals surface area contributed by atoms with Crippen LogP contribution in [-0.2, 0) is 17.8 Å². The standard InChI is InChI=1S/C24H20ClN5O2S/c1-15-28-29-24-23(19-7-3-2-6-17(19)14-26-33(31)32)27-22(16-10-12-18(25)13-11-16)20-8-4-5-9-21(20)30(15)24/h2-13,23,26H,14H2,1H3,(H,31,32)/p-1. The number of nitrogens with one attached hydrogen (secondary N) is 1. The lowest BCUT2D eigenvalue weighted by Gasteiger charge is -2.18. The Balaban J connectivity index is 1.77. The van der Waals surface area contributed by atoms with Crippen molar-refractivity contribution in [3.8, 4) is 5.69 Å². The summed E-state index contributed by atoms with van der Waals surface area (Å²) in [6.07, 6.45) is 0. The molecule has 166 valence electrons. The van der Waals surface area contributed by atoms with E-state index in [0.717, 1.165) is 39.5 Å². The highest BCUT2D eigenvalue weighted by molar-refractivity contribution is 7.77. The minimum absolute atomic E-state index is 0.147. The molecule has 5 rings (SSSR count). The van der Waals surface area contributed by atoms with Crippen LogP contribution in [0.1, 0.15) is 39.9 Å². The fraction of sp³-hybridized carbons (Fsp3) is 0.125. The lowest BCUT2D eigenvalue weighted by atomic mass is 9.98. The Hall–Kier alpha value is -3.17. The maximum absolute atomic E-state index is 11.2. The van der Waals surface area contributed by atoms with Gasteiger partial charge in [-0.15, -0.1) is 10.2 Å². The van der Waals surface area contributed by atoms with Crippen molar-refractivity contribution >= 4 is 28.6 Å². The molecular weight excluding hydrogens is 458 g/mol. The summed E-state index contributed by atoms with van der Waals surface area (Å²) in [5.41, 5.74) is 5.26. The van der Waals surface area contributed by atoms with Crippen molar-refractivity contribution < 1.29 is 8.76 Å². The topological polar surface area (TPSA) is 95.2 Å². The highest BCUT2D eigenvalue weighted by atomic mass is 35.5. The molecule has 0 saturated carbocycles. The molecule has 2 heterocycles. The summed E-state index contributed by atoms with van der Waals surface area (Å²) >= 11 is 3.77. The zero-order chi connectivity index (χ0) is 22.9. The number of aromatic nitrogens is 3. The number of nitrogens with zero attached hydrogens (tertiary/aromatic N) is 4. The molecule has 2 atom stereocenters. The van der Waals surface area contributed by atoms with Crippen LogP contribution in [0.4, 0.5) is 0 Å². The first-order valence-electron chi connectivity index (χ1n) is 10.3. The van der Waals surface area contributed by atoms with Gasteiger partial charge < -0.3 is 4.55 Å². The normalized spacial score (nSPS) is 15.8.